The molecule has 0 saturated carbocycles. The molecule has 0 aliphatic heterocycles. The van der Waals surface area contributed by atoms with Crippen LogP contribution >= 0.6 is 0 Å². The Labute approximate surface area is 148 Å². The number of hydrogen-bond donors (Lipinski definition) is 2. The van der Waals surface area contributed by atoms with Crippen molar-refractivity contribution < 1.29 is 13.2 Å². The Bertz CT molecular complexity index is 846. The summed E-state index contributed by atoms with van der Waals surface area (Å²) in [5.41, 5.74) is 2.42. The van der Waals surface area contributed by atoms with Gasteiger partial charge in [-0.1, -0.05) is 23.8 Å². The van der Waals surface area contributed by atoms with Crippen molar-refractivity contribution in [3.63, 3.8) is 0 Å². The van der Waals surface area contributed by atoms with E-state index >= 15 is 0 Å². The van der Waals surface area contributed by atoms with Gasteiger partial charge in [0.2, 0.25) is 15.9 Å². The monoisotopic (exact) mass is 361 g/mol. The van der Waals surface area contributed by atoms with Crippen molar-refractivity contribution in [1.82, 2.24) is 4.31 Å². The molecule has 1 unspecified atom stereocenters. The smallest absolute Gasteiger partial charge is 0.246 e. The van der Waals surface area contributed by atoms with E-state index in [4.69, 9.17) is 0 Å². The predicted octanol–water partition coefficient (Wildman–Crippen LogP) is 2.68. The lowest BCUT2D eigenvalue weighted by molar-refractivity contribution is -0.116. The summed E-state index contributed by atoms with van der Waals surface area (Å²) in [5, 5.41) is 5.85. The topological polar surface area (TPSA) is 78.5 Å². The lowest BCUT2D eigenvalue weighted by Crippen LogP contribution is -2.32. The third-order valence-corrected chi connectivity index (χ3v) is 5.52. The average Bonchev–Trinajstić information content (AvgIpc) is 2.57. The van der Waals surface area contributed by atoms with Crippen LogP contribution in [0.2, 0.25) is 0 Å². The van der Waals surface area contributed by atoms with E-state index in [1.165, 1.54) is 26.2 Å². The zero-order chi connectivity index (χ0) is 18.6. The van der Waals surface area contributed by atoms with Gasteiger partial charge in [-0.25, -0.2) is 12.7 Å². The first-order valence-corrected chi connectivity index (χ1v) is 9.31. The number of nitrogens with zero attached hydrogens (tertiary/aromatic N) is 1. The van der Waals surface area contributed by atoms with Gasteiger partial charge in [0.05, 0.1) is 4.90 Å². The molecule has 0 fully saturated rings. The van der Waals surface area contributed by atoms with Crippen LogP contribution < -0.4 is 10.6 Å². The number of benzene rings is 2. The lowest BCUT2D eigenvalue weighted by atomic mass is 10.2. The largest absolute Gasteiger partial charge is 0.374 e. The summed E-state index contributed by atoms with van der Waals surface area (Å²) < 4.78 is 25.5. The van der Waals surface area contributed by atoms with Gasteiger partial charge in [0, 0.05) is 25.5 Å². The number of sulfonamides is 1. The van der Waals surface area contributed by atoms with E-state index in [0.717, 1.165) is 15.6 Å². The van der Waals surface area contributed by atoms with Crippen molar-refractivity contribution in [2.24, 2.45) is 0 Å². The number of rotatable bonds is 6. The first-order valence-electron chi connectivity index (χ1n) is 7.87. The van der Waals surface area contributed by atoms with E-state index in [1.807, 2.05) is 31.2 Å². The number of aryl methyl sites for hydroxylation is 1. The molecule has 1 atom stereocenters. The zero-order valence-electron chi connectivity index (χ0n) is 14.8. The molecular formula is C18H23N3O3S. The van der Waals surface area contributed by atoms with Gasteiger partial charge in [-0.05, 0) is 44.2 Å². The van der Waals surface area contributed by atoms with Crippen LogP contribution in [0.4, 0.5) is 11.4 Å². The van der Waals surface area contributed by atoms with Crippen LogP contribution in [0.5, 0.6) is 0 Å². The van der Waals surface area contributed by atoms with Crippen molar-refractivity contribution in [1.29, 1.82) is 0 Å². The molecule has 0 spiro atoms. The molecular weight excluding hydrogens is 338 g/mol. The van der Waals surface area contributed by atoms with Gasteiger partial charge in [0.15, 0.2) is 0 Å². The zero-order valence-corrected chi connectivity index (χ0v) is 15.6. The van der Waals surface area contributed by atoms with Crippen LogP contribution in [0.1, 0.15) is 12.5 Å². The van der Waals surface area contributed by atoms with Gasteiger partial charge in [0.1, 0.15) is 6.04 Å². The second-order valence-corrected chi connectivity index (χ2v) is 8.19. The summed E-state index contributed by atoms with van der Waals surface area (Å²) >= 11 is 0. The second kappa shape index (κ2) is 7.67. The van der Waals surface area contributed by atoms with Gasteiger partial charge in [-0.3, -0.25) is 4.79 Å². The third kappa shape index (κ3) is 4.80. The number of carbonyl (C=O) groups excluding carboxylic acids is 1. The minimum atomic E-state index is -3.54. The Hall–Kier alpha value is -2.38. The van der Waals surface area contributed by atoms with Crippen LogP contribution in [-0.2, 0) is 14.8 Å². The maximum atomic E-state index is 12.3. The number of amides is 1. The molecule has 2 rings (SSSR count). The van der Waals surface area contributed by atoms with Crippen LogP contribution in [0.15, 0.2) is 53.4 Å². The summed E-state index contributed by atoms with van der Waals surface area (Å²) in [5.74, 6) is -0.250. The highest BCUT2D eigenvalue weighted by molar-refractivity contribution is 7.89. The fourth-order valence-corrected chi connectivity index (χ4v) is 3.11. The molecule has 0 aliphatic carbocycles. The molecule has 25 heavy (non-hydrogen) atoms. The Morgan fingerprint density at radius 3 is 2.28 bits per heavy atom. The molecule has 0 heterocycles. The van der Waals surface area contributed by atoms with Crippen LogP contribution in [0, 0.1) is 6.92 Å². The number of anilines is 2. The summed E-state index contributed by atoms with van der Waals surface area (Å²) in [4.78, 5) is 12.5. The van der Waals surface area contributed by atoms with Crippen LogP contribution in [-0.4, -0.2) is 38.8 Å². The minimum Gasteiger partial charge on any atom is -0.374 e. The Balaban J connectivity index is 2.08. The van der Waals surface area contributed by atoms with E-state index in [1.54, 1.807) is 19.1 Å². The van der Waals surface area contributed by atoms with Gasteiger partial charge in [-0.2, -0.15) is 0 Å². The summed E-state index contributed by atoms with van der Waals surface area (Å²) in [7, 11) is -0.609. The molecule has 6 nitrogen and oxygen atoms in total. The summed E-state index contributed by atoms with van der Waals surface area (Å²) in [6.07, 6.45) is 0. The normalized spacial score (nSPS) is 12.7. The predicted molar refractivity (Wildman–Crippen MR) is 100 cm³/mol. The Kier molecular flexibility index (Phi) is 5.81. The maximum absolute atomic E-state index is 12.3. The fourth-order valence-electron chi connectivity index (χ4n) is 2.16. The molecule has 0 saturated heterocycles. The van der Waals surface area contributed by atoms with Crippen molar-refractivity contribution in [3.05, 3.63) is 54.1 Å². The first-order chi connectivity index (χ1) is 11.7. The first kappa shape index (κ1) is 19.0. The van der Waals surface area contributed by atoms with Gasteiger partial charge >= 0.3 is 0 Å². The quantitative estimate of drug-likeness (QED) is 0.829. The fraction of sp³-hybridized carbons (Fsp3) is 0.278. The highest BCUT2D eigenvalue weighted by Gasteiger charge is 2.18. The molecule has 2 aromatic rings. The Morgan fingerprint density at radius 1 is 1.04 bits per heavy atom. The van der Waals surface area contributed by atoms with E-state index in [0.29, 0.717) is 5.69 Å². The molecule has 0 aromatic heterocycles. The van der Waals surface area contributed by atoms with Gasteiger partial charge < -0.3 is 10.6 Å². The molecule has 2 N–H and O–H groups in total. The maximum Gasteiger partial charge on any atom is 0.246 e. The highest BCUT2D eigenvalue weighted by Crippen LogP contribution is 2.18. The van der Waals surface area contributed by atoms with Crippen molar-refractivity contribution in [2.45, 2.75) is 24.8 Å². The number of hydrogen-bond acceptors (Lipinski definition) is 4. The number of carbonyl (C=O) groups is 1. The van der Waals surface area contributed by atoms with Crippen molar-refractivity contribution in [3.8, 4) is 0 Å². The van der Waals surface area contributed by atoms with Crippen molar-refractivity contribution >= 4 is 27.3 Å². The Morgan fingerprint density at radius 2 is 1.68 bits per heavy atom. The SMILES string of the molecule is Cc1ccc(NC(C)C(=O)Nc2cccc(S(=O)(=O)N(C)C)c2)cc1. The minimum absolute atomic E-state index is 0.134. The molecule has 1 amide bonds. The summed E-state index contributed by atoms with van der Waals surface area (Å²) in [6, 6.07) is 13.5. The van der Waals surface area contributed by atoms with Gasteiger partial charge in [0.25, 0.3) is 0 Å². The van der Waals surface area contributed by atoms with E-state index in [2.05, 4.69) is 10.6 Å². The van der Waals surface area contributed by atoms with Crippen LogP contribution in [0.3, 0.4) is 0 Å². The van der Waals surface area contributed by atoms with Crippen molar-refractivity contribution in [2.75, 3.05) is 24.7 Å². The third-order valence-electron chi connectivity index (χ3n) is 3.71. The number of nitrogens with one attached hydrogen (secondary N) is 2. The van der Waals surface area contributed by atoms with E-state index in [9.17, 15) is 13.2 Å². The van der Waals surface area contributed by atoms with E-state index < -0.39 is 16.1 Å². The molecule has 0 radical (unpaired) electrons. The second-order valence-electron chi connectivity index (χ2n) is 6.04. The van der Waals surface area contributed by atoms with E-state index in [-0.39, 0.29) is 10.8 Å². The molecule has 134 valence electrons. The summed E-state index contributed by atoms with van der Waals surface area (Å²) in [6.45, 7) is 3.74. The molecule has 7 heteroatoms. The standard InChI is InChI=1S/C18H23N3O3S/c1-13-8-10-15(11-9-13)19-14(2)18(22)20-16-6-5-7-17(12-16)25(23,24)21(3)4/h5-12,14,19H,1-4H3,(H,20,22). The average molecular weight is 361 g/mol. The molecule has 2 aromatic carbocycles. The molecule has 0 bridgehead atoms. The van der Waals surface area contributed by atoms with Gasteiger partial charge in [-0.15, -0.1) is 0 Å². The molecule has 0 aliphatic rings. The van der Waals surface area contributed by atoms with Crippen LogP contribution in [0.25, 0.3) is 0 Å². The lowest BCUT2D eigenvalue weighted by Gasteiger charge is -2.16. The highest BCUT2D eigenvalue weighted by atomic mass is 32.2.